The minimum Gasteiger partial charge on any atom is -0.351 e. The van der Waals surface area contributed by atoms with E-state index in [2.05, 4.69) is 17.3 Å². The molecule has 1 N–H and O–H groups in total. The van der Waals surface area contributed by atoms with Crippen LogP contribution in [-0.4, -0.2) is 35.8 Å². The van der Waals surface area contributed by atoms with E-state index in [0.717, 1.165) is 12.2 Å². The number of rotatable bonds is 8. The van der Waals surface area contributed by atoms with Crippen molar-refractivity contribution in [3.05, 3.63) is 18.0 Å². The van der Waals surface area contributed by atoms with Crippen LogP contribution in [0, 0.1) is 0 Å². The third kappa shape index (κ3) is 4.11. The smallest absolute Gasteiger partial charge is 0.178 e. The topological polar surface area (TPSA) is 48.3 Å². The number of likely N-dealkylation sites (N-methyl/N-ethyl adjacent to an activating group) is 1. The van der Waals surface area contributed by atoms with Crippen LogP contribution in [0.25, 0.3) is 0 Å². The number of nitrogens with zero attached hydrogens (tertiary/aromatic N) is 2. The first kappa shape index (κ1) is 14.2. The Kier molecular flexibility index (Phi) is 6.18. The lowest BCUT2D eigenvalue weighted by Crippen LogP contribution is -2.36. The largest absolute Gasteiger partial charge is 0.351 e. The highest BCUT2D eigenvalue weighted by molar-refractivity contribution is 5.06. The summed E-state index contributed by atoms with van der Waals surface area (Å²) in [6, 6.07) is 1.96. The molecule has 0 aliphatic heterocycles. The van der Waals surface area contributed by atoms with Crippen molar-refractivity contribution in [3.63, 3.8) is 0 Å². The molecule has 1 atom stereocenters. The van der Waals surface area contributed by atoms with Crippen molar-refractivity contribution < 1.29 is 9.47 Å². The van der Waals surface area contributed by atoms with Crippen LogP contribution in [0.5, 0.6) is 0 Å². The van der Waals surface area contributed by atoms with Gasteiger partial charge in [-0.05, 0) is 26.5 Å². The van der Waals surface area contributed by atoms with Crippen molar-refractivity contribution in [2.45, 2.75) is 33.1 Å². The fourth-order valence-corrected chi connectivity index (χ4v) is 1.73. The van der Waals surface area contributed by atoms with E-state index < -0.39 is 0 Å². The zero-order valence-electron chi connectivity index (χ0n) is 11.1. The summed E-state index contributed by atoms with van der Waals surface area (Å²) in [5, 5.41) is 7.77. The van der Waals surface area contributed by atoms with Gasteiger partial charge in [0.2, 0.25) is 0 Å². The van der Waals surface area contributed by atoms with Crippen LogP contribution >= 0.6 is 0 Å². The highest BCUT2D eigenvalue weighted by Crippen LogP contribution is 2.18. The second-order valence-electron chi connectivity index (χ2n) is 3.73. The van der Waals surface area contributed by atoms with Crippen molar-refractivity contribution in [2.75, 3.05) is 19.8 Å². The molecule has 1 heterocycles. The number of aryl methyl sites for hydroxylation is 1. The van der Waals surface area contributed by atoms with Gasteiger partial charge in [0.05, 0.1) is 5.69 Å². The molecule has 0 amide bonds. The van der Waals surface area contributed by atoms with Crippen molar-refractivity contribution in [3.8, 4) is 0 Å². The van der Waals surface area contributed by atoms with Crippen LogP contribution in [0.1, 0.15) is 32.5 Å². The Morgan fingerprint density at radius 2 is 1.94 bits per heavy atom. The van der Waals surface area contributed by atoms with Crippen LogP contribution in [0.4, 0.5) is 0 Å². The summed E-state index contributed by atoms with van der Waals surface area (Å²) in [6.45, 7) is 8.09. The standard InChI is InChI=1S/C12H23N3O2/c1-5-13-11(10-8-9-15(4)14-10)12(16-6-2)17-7-3/h8-9,11-13H,5-7H2,1-4H3. The van der Waals surface area contributed by atoms with E-state index in [1.54, 1.807) is 4.68 Å². The number of hydrogen-bond acceptors (Lipinski definition) is 4. The molecule has 0 saturated heterocycles. The second-order valence-corrected chi connectivity index (χ2v) is 3.73. The monoisotopic (exact) mass is 241 g/mol. The van der Waals surface area contributed by atoms with Crippen molar-refractivity contribution in [2.24, 2.45) is 7.05 Å². The normalized spacial score (nSPS) is 13.2. The molecule has 0 fully saturated rings. The number of ether oxygens (including phenoxy) is 2. The molecule has 17 heavy (non-hydrogen) atoms. The molecule has 5 nitrogen and oxygen atoms in total. The molecule has 98 valence electrons. The summed E-state index contributed by atoms with van der Waals surface area (Å²) >= 11 is 0. The van der Waals surface area contributed by atoms with E-state index in [9.17, 15) is 0 Å². The quantitative estimate of drug-likeness (QED) is 0.700. The molecule has 0 radical (unpaired) electrons. The van der Waals surface area contributed by atoms with Crippen LogP contribution in [0.2, 0.25) is 0 Å². The Morgan fingerprint density at radius 3 is 2.35 bits per heavy atom. The maximum Gasteiger partial charge on any atom is 0.178 e. The fraction of sp³-hybridized carbons (Fsp3) is 0.750. The summed E-state index contributed by atoms with van der Waals surface area (Å²) in [7, 11) is 1.91. The predicted molar refractivity (Wildman–Crippen MR) is 66.7 cm³/mol. The van der Waals surface area contributed by atoms with E-state index in [1.165, 1.54) is 0 Å². The van der Waals surface area contributed by atoms with Gasteiger partial charge in [-0.25, -0.2) is 0 Å². The van der Waals surface area contributed by atoms with Gasteiger partial charge in [0.1, 0.15) is 6.04 Å². The van der Waals surface area contributed by atoms with Crippen LogP contribution in [0.3, 0.4) is 0 Å². The van der Waals surface area contributed by atoms with Gasteiger partial charge in [0, 0.05) is 26.5 Å². The summed E-state index contributed by atoms with van der Waals surface area (Å²) in [4.78, 5) is 0. The van der Waals surface area contributed by atoms with E-state index in [4.69, 9.17) is 9.47 Å². The minimum absolute atomic E-state index is 0.0268. The highest BCUT2D eigenvalue weighted by atomic mass is 16.7. The molecule has 0 aromatic carbocycles. The van der Waals surface area contributed by atoms with E-state index in [-0.39, 0.29) is 12.3 Å². The number of hydrogen-bond donors (Lipinski definition) is 1. The average Bonchev–Trinajstić information content (AvgIpc) is 2.72. The predicted octanol–water partition coefficient (Wildman–Crippen LogP) is 1.47. The number of aromatic nitrogens is 2. The fourth-order valence-electron chi connectivity index (χ4n) is 1.73. The van der Waals surface area contributed by atoms with Gasteiger partial charge in [-0.1, -0.05) is 6.92 Å². The first-order valence-corrected chi connectivity index (χ1v) is 6.19. The Hall–Kier alpha value is -0.910. The van der Waals surface area contributed by atoms with E-state index >= 15 is 0 Å². The molecule has 0 aliphatic carbocycles. The van der Waals surface area contributed by atoms with Gasteiger partial charge in [-0.3, -0.25) is 4.68 Å². The van der Waals surface area contributed by atoms with Crippen LogP contribution in [-0.2, 0) is 16.5 Å². The SMILES string of the molecule is CCNC(c1ccn(C)n1)C(OCC)OCC. The lowest BCUT2D eigenvalue weighted by molar-refractivity contribution is -0.155. The molecule has 0 bridgehead atoms. The lowest BCUT2D eigenvalue weighted by atomic mass is 10.2. The van der Waals surface area contributed by atoms with Gasteiger partial charge in [0.25, 0.3) is 0 Å². The Bertz CT molecular complexity index is 308. The molecule has 0 saturated carbocycles. The molecule has 0 spiro atoms. The molecule has 1 rings (SSSR count). The van der Waals surface area contributed by atoms with Crippen LogP contribution in [0.15, 0.2) is 12.3 Å². The Labute approximate surface area is 103 Å². The van der Waals surface area contributed by atoms with Crippen molar-refractivity contribution >= 4 is 0 Å². The first-order chi connectivity index (χ1) is 8.22. The van der Waals surface area contributed by atoms with Gasteiger partial charge < -0.3 is 14.8 Å². The molecule has 1 aromatic heterocycles. The van der Waals surface area contributed by atoms with Gasteiger partial charge in [-0.15, -0.1) is 0 Å². The van der Waals surface area contributed by atoms with Gasteiger partial charge in [-0.2, -0.15) is 5.10 Å². The maximum atomic E-state index is 5.63. The summed E-state index contributed by atoms with van der Waals surface area (Å²) in [5.41, 5.74) is 0.946. The molecule has 0 aliphatic rings. The lowest BCUT2D eigenvalue weighted by Gasteiger charge is -2.26. The van der Waals surface area contributed by atoms with Crippen molar-refractivity contribution in [1.82, 2.24) is 15.1 Å². The molecular formula is C12H23N3O2. The third-order valence-corrected chi connectivity index (χ3v) is 2.41. The molecule has 1 aromatic rings. The summed E-state index contributed by atoms with van der Waals surface area (Å²) in [5.74, 6) is 0. The first-order valence-electron chi connectivity index (χ1n) is 6.19. The zero-order chi connectivity index (χ0) is 12.7. The second kappa shape index (κ2) is 7.42. The Morgan fingerprint density at radius 1 is 1.29 bits per heavy atom. The zero-order valence-corrected chi connectivity index (χ0v) is 11.1. The Balaban J connectivity index is 2.80. The molecule has 5 heteroatoms. The van der Waals surface area contributed by atoms with E-state index in [0.29, 0.717) is 13.2 Å². The minimum atomic E-state index is -0.292. The molecular weight excluding hydrogens is 218 g/mol. The third-order valence-electron chi connectivity index (χ3n) is 2.41. The summed E-state index contributed by atoms with van der Waals surface area (Å²) < 4.78 is 13.0. The van der Waals surface area contributed by atoms with Crippen molar-refractivity contribution in [1.29, 1.82) is 0 Å². The summed E-state index contributed by atoms with van der Waals surface area (Å²) in [6.07, 6.45) is 1.63. The number of nitrogens with one attached hydrogen (secondary N) is 1. The van der Waals surface area contributed by atoms with Gasteiger partial charge >= 0.3 is 0 Å². The van der Waals surface area contributed by atoms with E-state index in [1.807, 2.05) is 33.2 Å². The molecule has 1 unspecified atom stereocenters. The van der Waals surface area contributed by atoms with Gasteiger partial charge in [0.15, 0.2) is 6.29 Å². The highest BCUT2D eigenvalue weighted by Gasteiger charge is 2.25. The average molecular weight is 241 g/mol. The van der Waals surface area contributed by atoms with Crippen LogP contribution < -0.4 is 5.32 Å². The maximum absolute atomic E-state index is 5.63.